The second kappa shape index (κ2) is 14.6. The Morgan fingerprint density at radius 2 is 1.33 bits per heavy atom. The third kappa shape index (κ3) is 5.43. The fraction of sp³-hybridized carbons (Fsp3) is 0.188. The maximum atomic E-state index is 7.02. The van der Waals surface area contributed by atoms with Crippen molar-refractivity contribution in [3.8, 4) is 11.1 Å². The molecule has 4 nitrogen and oxygen atoms in total. The Balaban J connectivity index is 1.05. The molecule has 3 unspecified atom stereocenters. The molecule has 1 fully saturated rings. The van der Waals surface area contributed by atoms with Crippen LogP contribution in [0, 0.1) is 18.3 Å². The average Bonchev–Trinajstić information content (AvgIpc) is 4.02. The number of nitrogens with zero attached hydrogens (tertiary/aromatic N) is 3. The molecule has 0 saturated heterocycles. The van der Waals surface area contributed by atoms with E-state index in [1.54, 1.807) is 5.57 Å². The Bertz CT molecular complexity index is 3940. The van der Waals surface area contributed by atoms with E-state index in [0.717, 1.165) is 34.0 Å². The van der Waals surface area contributed by atoms with Gasteiger partial charge in [0, 0.05) is 70.5 Å². The van der Waals surface area contributed by atoms with E-state index in [0.29, 0.717) is 5.92 Å². The summed E-state index contributed by atoms with van der Waals surface area (Å²) >= 11 is 1.88. The maximum Gasteiger partial charge on any atom is 0.252 e. The number of hydrogen-bond donors (Lipinski definition) is 0. The molecular formula is C64H52BN3OS. The van der Waals surface area contributed by atoms with Crippen molar-refractivity contribution >= 4 is 116 Å². The molecule has 8 aromatic carbocycles. The van der Waals surface area contributed by atoms with Crippen LogP contribution >= 0.6 is 11.3 Å². The lowest BCUT2D eigenvalue weighted by Gasteiger charge is -2.52. The summed E-state index contributed by atoms with van der Waals surface area (Å²) in [6.45, 7) is 9.78. The van der Waals surface area contributed by atoms with Crippen LogP contribution in [0.1, 0.15) is 58.4 Å². The third-order valence-electron chi connectivity index (χ3n) is 17.4. The van der Waals surface area contributed by atoms with E-state index in [4.69, 9.17) is 4.42 Å². The Kier molecular flexibility index (Phi) is 8.49. The van der Waals surface area contributed by atoms with Crippen LogP contribution in [-0.4, -0.2) is 12.3 Å². The lowest BCUT2D eigenvalue weighted by atomic mass is 9.33. The van der Waals surface area contributed by atoms with Crippen LogP contribution in [0.15, 0.2) is 192 Å². The molecule has 0 radical (unpaired) electrons. The molecule has 15 rings (SSSR count). The summed E-state index contributed by atoms with van der Waals surface area (Å²) in [6, 6.07) is 61.8. The first kappa shape index (κ1) is 40.6. The van der Waals surface area contributed by atoms with Gasteiger partial charge in [-0.15, -0.1) is 11.3 Å². The first-order chi connectivity index (χ1) is 34.3. The lowest BCUT2D eigenvalue weighted by molar-refractivity contribution is 0.153. The molecular weight excluding hydrogens is 870 g/mol. The van der Waals surface area contributed by atoms with Gasteiger partial charge in [0.1, 0.15) is 5.58 Å². The minimum absolute atomic E-state index is 0.0457. The summed E-state index contributed by atoms with van der Waals surface area (Å²) in [5.41, 5.74) is 20.9. The van der Waals surface area contributed by atoms with Crippen LogP contribution in [0.4, 0.5) is 39.8 Å². The first-order valence-electron chi connectivity index (χ1n) is 25.4. The molecule has 3 atom stereocenters. The van der Waals surface area contributed by atoms with Crippen molar-refractivity contribution in [2.75, 3.05) is 14.7 Å². The largest absolute Gasteiger partial charge is 0.454 e. The molecule has 2 aliphatic carbocycles. The number of benzene rings is 8. The molecule has 1 saturated carbocycles. The lowest BCUT2D eigenvalue weighted by Crippen LogP contribution is -2.61. The Hall–Kier alpha value is -7.28. The predicted molar refractivity (Wildman–Crippen MR) is 298 cm³/mol. The van der Waals surface area contributed by atoms with Gasteiger partial charge in [0.15, 0.2) is 5.58 Å². The van der Waals surface area contributed by atoms with E-state index in [-0.39, 0.29) is 17.7 Å². The summed E-state index contributed by atoms with van der Waals surface area (Å²) in [6.07, 6.45) is 10.9. The van der Waals surface area contributed by atoms with Crippen molar-refractivity contribution in [2.24, 2.45) is 11.3 Å². The number of rotatable bonds is 4. The van der Waals surface area contributed by atoms with E-state index in [9.17, 15) is 0 Å². The molecule has 6 heteroatoms. The van der Waals surface area contributed by atoms with Gasteiger partial charge < -0.3 is 19.1 Å². The van der Waals surface area contributed by atoms with E-state index < -0.39 is 0 Å². The van der Waals surface area contributed by atoms with Crippen molar-refractivity contribution in [3.63, 3.8) is 0 Å². The maximum absolute atomic E-state index is 7.02. The topological polar surface area (TPSA) is 22.9 Å². The first-order valence-corrected chi connectivity index (χ1v) is 26.2. The van der Waals surface area contributed by atoms with Crippen molar-refractivity contribution in [2.45, 2.75) is 65.3 Å². The van der Waals surface area contributed by atoms with Crippen LogP contribution in [0.25, 0.3) is 53.2 Å². The highest BCUT2D eigenvalue weighted by molar-refractivity contribution is 7.26. The molecule has 3 aliphatic heterocycles. The smallest absolute Gasteiger partial charge is 0.252 e. The number of hydrogen-bond acceptors (Lipinski definition) is 5. The van der Waals surface area contributed by atoms with Crippen molar-refractivity contribution in [1.29, 1.82) is 0 Å². The predicted octanol–water partition coefficient (Wildman–Crippen LogP) is 16.0. The Morgan fingerprint density at radius 3 is 2.20 bits per heavy atom. The third-order valence-corrected chi connectivity index (χ3v) is 18.5. The molecule has 10 aromatic rings. The van der Waals surface area contributed by atoms with Crippen molar-refractivity contribution < 1.29 is 4.42 Å². The van der Waals surface area contributed by atoms with Crippen LogP contribution in [-0.2, 0) is 0 Å². The molecule has 5 aliphatic rings. The monoisotopic (exact) mass is 921 g/mol. The SMILES string of the molecule is Cc1cc2c3c(c1)N(c1cccc4sc5ccccc5c14)c1ccc(-c4ccccc4)cc1B3c1ccc(N3C4=C(C=CC(C)C4)C4(C)CCCCC34C)cc1N2c1cccc2c1oc1ccccc12. The normalized spacial score (nSPS) is 21.2. The second-order valence-electron chi connectivity index (χ2n) is 21.3. The number of thiophene rings is 1. The summed E-state index contributed by atoms with van der Waals surface area (Å²) in [4.78, 5) is 8.02. The zero-order chi connectivity index (χ0) is 46.6. The number of aryl methyl sites for hydroxylation is 1. The molecule has 338 valence electrons. The highest BCUT2D eigenvalue weighted by Crippen LogP contribution is 2.62. The second-order valence-corrected chi connectivity index (χ2v) is 22.3. The van der Waals surface area contributed by atoms with Crippen LogP contribution in [0.2, 0.25) is 0 Å². The summed E-state index contributed by atoms with van der Waals surface area (Å²) in [7, 11) is 0. The molecule has 0 spiro atoms. The van der Waals surface area contributed by atoms with Gasteiger partial charge in [-0.1, -0.05) is 142 Å². The van der Waals surface area contributed by atoms with Crippen molar-refractivity contribution in [3.05, 3.63) is 193 Å². The van der Waals surface area contributed by atoms with Gasteiger partial charge in [-0.05, 0) is 138 Å². The Morgan fingerprint density at radius 1 is 0.600 bits per heavy atom. The molecule has 5 heterocycles. The molecule has 0 bridgehead atoms. The Labute approximate surface area is 413 Å². The minimum Gasteiger partial charge on any atom is -0.454 e. The van der Waals surface area contributed by atoms with Gasteiger partial charge >= 0.3 is 0 Å². The number of para-hydroxylation sites is 2. The minimum atomic E-state index is -0.0478. The van der Waals surface area contributed by atoms with E-state index in [1.165, 1.54) is 119 Å². The zero-order valence-electron chi connectivity index (χ0n) is 40.1. The van der Waals surface area contributed by atoms with E-state index >= 15 is 0 Å². The van der Waals surface area contributed by atoms with Gasteiger partial charge in [0.25, 0.3) is 6.71 Å². The summed E-state index contributed by atoms with van der Waals surface area (Å²) in [5.74, 6) is 0.486. The standard InChI is InChI=1S/C64H52BN3OS/c1-39-26-29-47-53(34-39)68(64(4)33-13-12-32-63(47,64)3)43-28-30-48-54(38-43)67(52-22-14-20-45-44-18-8-10-23-57(44)69-62(45)52)56-36-40(2)35-55-61(56)65(48)49-37-42(41-16-6-5-7-17-41)27-31-50(49)66(55)51-21-15-25-59-60(51)46-19-9-11-24-58(46)70-59/h5-11,14-31,35-39H,12-13,32-34H2,1-4H3. The van der Waals surface area contributed by atoms with Gasteiger partial charge in [0.2, 0.25) is 0 Å². The summed E-state index contributed by atoms with van der Waals surface area (Å²) < 4.78 is 9.63. The van der Waals surface area contributed by atoms with Crippen molar-refractivity contribution in [1.82, 2.24) is 0 Å². The van der Waals surface area contributed by atoms with Gasteiger partial charge in [-0.2, -0.15) is 0 Å². The quantitative estimate of drug-likeness (QED) is 0.164. The fourth-order valence-corrected chi connectivity index (χ4v) is 15.1. The van der Waals surface area contributed by atoms with Gasteiger partial charge in [-0.3, -0.25) is 0 Å². The fourth-order valence-electron chi connectivity index (χ4n) is 14.0. The highest BCUT2D eigenvalue weighted by Gasteiger charge is 2.59. The van der Waals surface area contributed by atoms with Crippen LogP contribution in [0.3, 0.4) is 0 Å². The number of allylic oxidation sites excluding steroid dienone is 3. The zero-order valence-corrected chi connectivity index (χ0v) is 40.9. The van der Waals surface area contributed by atoms with E-state index in [1.807, 2.05) is 11.3 Å². The van der Waals surface area contributed by atoms with Gasteiger partial charge in [-0.25, -0.2) is 0 Å². The average molecular weight is 922 g/mol. The number of furan rings is 1. The number of fused-ring (bicyclic) bond motifs is 12. The molecule has 0 N–H and O–H groups in total. The molecule has 0 amide bonds. The molecule has 2 aromatic heterocycles. The molecule has 70 heavy (non-hydrogen) atoms. The van der Waals surface area contributed by atoms with Crippen LogP contribution in [0.5, 0.6) is 0 Å². The number of anilines is 7. The summed E-state index contributed by atoms with van der Waals surface area (Å²) in [5, 5.41) is 4.87. The van der Waals surface area contributed by atoms with Gasteiger partial charge in [0.05, 0.1) is 16.9 Å². The highest BCUT2D eigenvalue weighted by atomic mass is 32.1. The van der Waals surface area contributed by atoms with Crippen LogP contribution < -0.4 is 31.1 Å². The van der Waals surface area contributed by atoms with E-state index in [2.05, 4.69) is 218 Å².